The standard InChI is InChI=1S/C18H22O4/c1-13(2)21-17(19)12-16(18(20)22-14(3)4)11-10-15-8-6-5-7-9-15/h5-14H,1-4H3/b11-10?,16-12+. The lowest BCUT2D eigenvalue weighted by atomic mass is 10.1. The third-order valence-electron chi connectivity index (χ3n) is 2.46. The molecule has 0 aliphatic rings. The Balaban J connectivity index is 2.95. The molecule has 0 saturated carbocycles. The summed E-state index contributed by atoms with van der Waals surface area (Å²) in [5.74, 6) is -1.12. The molecular formula is C18H22O4. The minimum atomic E-state index is -0.566. The van der Waals surface area contributed by atoms with E-state index in [9.17, 15) is 9.59 Å². The molecule has 0 heterocycles. The highest BCUT2D eigenvalue weighted by molar-refractivity contribution is 5.99. The Morgan fingerprint density at radius 3 is 2.09 bits per heavy atom. The van der Waals surface area contributed by atoms with Gasteiger partial charge in [0.25, 0.3) is 0 Å². The smallest absolute Gasteiger partial charge is 0.338 e. The summed E-state index contributed by atoms with van der Waals surface area (Å²) >= 11 is 0. The highest BCUT2D eigenvalue weighted by atomic mass is 16.5. The van der Waals surface area contributed by atoms with Crippen molar-refractivity contribution in [3.63, 3.8) is 0 Å². The Morgan fingerprint density at radius 1 is 0.955 bits per heavy atom. The summed E-state index contributed by atoms with van der Waals surface area (Å²) in [6.45, 7) is 7.00. The number of benzene rings is 1. The molecular weight excluding hydrogens is 280 g/mol. The van der Waals surface area contributed by atoms with Gasteiger partial charge in [0.2, 0.25) is 0 Å². The van der Waals surface area contributed by atoms with Crippen molar-refractivity contribution in [3.05, 3.63) is 53.6 Å². The van der Waals surface area contributed by atoms with E-state index in [2.05, 4.69) is 0 Å². The quantitative estimate of drug-likeness (QED) is 0.458. The Hall–Kier alpha value is -2.36. The maximum atomic E-state index is 12.0. The lowest BCUT2D eigenvalue weighted by molar-refractivity contribution is -0.144. The van der Waals surface area contributed by atoms with E-state index in [1.165, 1.54) is 0 Å². The fourth-order valence-corrected chi connectivity index (χ4v) is 1.60. The van der Waals surface area contributed by atoms with Crippen molar-refractivity contribution in [1.82, 2.24) is 0 Å². The fourth-order valence-electron chi connectivity index (χ4n) is 1.60. The van der Waals surface area contributed by atoms with Crippen molar-refractivity contribution >= 4 is 18.0 Å². The van der Waals surface area contributed by atoms with Crippen molar-refractivity contribution in [2.45, 2.75) is 39.9 Å². The van der Waals surface area contributed by atoms with E-state index in [-0.39, 0.29) is 17.8 Å². The first kappa shape index (κ1) is 17.7. The van der Waals surface area contributed by atoms with Crippen molar-refractivity contribution in [1.29, 1.82) is 0 Å². The first-order chi connectivity index (χ1) is 10.4. The molecule has 0 fully saturated rings. The van der Waals surface area contributed by atoms with Crippen LogP contribution in [-0.4, -0.2) is 24.1 Å². The molecule has 0 aliphatic carbocycles. The van der Waals surface area contributed by atoms with Gasteiger partial charge in [0.1, 0.15) is 0 Å². The highest BCUT2D eigenvalue weighted by Crippen LogP contribution is 2.09. The van der Waals surface area contributed by atoms with Crippen LogP contribution >= 0.6 is 0 Å². The Morgan fingerprint density at radius 2 is 1.55 bits per heavy atom. The molecule has 0 saturated heterocycles. The van der Waals surface area contributed by atoms with Crippen LogP contribution in [0.2, 0.25) is 0 Å². The molecule has 0 unspecified atom stereocenters. The summed E-state index contributed by atoms with van der Waals surface area (Å²) in [6, 6.07) is 9.48. The van der Waals surface area contributed by atoms with Crippen molar-refractivity contribution in [2.75, 3.05) is 0 Å². The molecule has 1 aromatic rings. The van der Waals surface area contributed by atoms with Gasteiger partial charge < -0.3 is 9.47 Å². The third-order valence-corrected chi connectivity index (χ3v) is 2.46. The molecule has 0 radical (unpaired) electrons. The van der Waals surface area contributed by atoms with Crippen LogP contribution in [0.15, 0.2) is 48.1 Å². The molecule has 0 atom stereocenters. The molecule has 22 heavy (non-hydrogen) atoms. The van der Waals surface area contributed by atoms with E-state index < -0.39 is 11.9 Å². The summed E-state index contributed by atoms with van der Waals surface area (Å²) in [5.41, 5.74) is 1.08. The Bertz CT molecular complexity index is 554. The van der Waals surface area contributed by atoms with E-state index in [1.807, 2.05) is 30.3 Å². The van der Waals surface area contributed by atoms with Crippen LogP contribution in [0.5, 0.6) is 0 Å². The van der Waals surface area contributed by atoms with Gasteiger partial charge in [-0.3, -0.25) is 0 Å². The molecule has 4 heteroatoms. The number of carbonyl (C=O) groups is 2. The van der Waals surface area contributed by atoms with Gasteiger partial charge in [-0.05, 0) is 39.3 Å². The maximum Gasteiger partial charge on any atom is 0.338 e. The number of rotatable bonds is 6. The van der Waals surface area contributed by atoms with E-state index >= 15 is 0 Å². The maximum absolute atomic E-state index is 12.0. The highest BCUT2D eigenvalue weighted by Gasteiger charge is 2.13. The molecule has 0 amide bonds. The van der Waals surface area contributed by atoms with Gasteiger partial charge in [-0.25, -0.2) is 9.59 Å². The number of hydrogen-bond donors (Lipinski definition) is 0. The normalized spacial score (nSPS) is 12.0. The van der Waals surface area contributed by atoms with Gasteiger partial charge in [0, 0.05) is 6.08 Å². The zero-order chi connectivity index (χ0) is 16.5. The van der Waals surface area contributed by atoms with Crippen LogP contribution in [0, 0.1) is 0 Å². The Labute approximate surface area is 131 Å². The van der Waals surface area contributed by atoms with Crippen LogP contribution < -0.4 is 0 Å². The number of hydrogen-bond acceptors (Lipinski definition) is 4. The summed E-state index contributed by atoms with van der Waals surface area (Å²) in [6.07, 6.45) is 3.95. The summed E-state index contributed by atoms with van der Waals surface area (Å²) < 4.78 is 10.2. The van der Waals surface area contributed by atoms with Gasteiger partial charge in [0.05, 0.1) is 17.8 Å². The van der Waals surface area contributed by atoms with Crippen LogP contribution in [0.3, 0.4) is 0 Å². The van der Waals surface area contributed by atoms with Gasteiger partial charge >= 0.3 is 11.9 Å². The van der Waals surface area contributed by atoms with Crippen LogP contribution in [0.1, 0.15) is 33.3 Å². The molecule has 118 valence electrons. The predicted molar refractivity (Wildman–Crippen MR) is 86.0 cm³/mol. The third kappa shape index (κ3) is 6.88. The SMILES string of the molecule is CC(C)OC(=O)/C=C(\C=Cc1ccccc1)C(=O)OC(C)C. The second-order valence-electron chi connectivity index (χ2n) is 5.28. The first-order valence-corrected chi connectivity index (χ1v) is 7.25. The predicted octanol–water partition coefficient (Wildman–Crippen LogP) is 3.53. The first-order valence-electron chi connectivity index (χ1n) is 7.25. The number of ether oxygens (including phenoxy) is 2. The van der Waals surface area contributed by atoms with Gasteiger partial charge in [0.15, 0.2) is 0 Å². The largest absolute Gasteiger partial charge is 0.460 e. The minimum Gasteiger partial charge on any atom is -0.460 e. The molecule has 0 bridgehead atoms. The second kappa shape index (κ2) is 8.82. The zero-order valence-electron chi connectivity index (χ0n) is 13.4. The minimum absolute atomic E-state index is 0.156. The van der Waals surface area contributed by atoms with Crippen molar-refractivity contribution in [2.24, 2.45) is 0 Å². The average molecular weight is 302 g/mol. The molecule has 0 N–H and O–H groups in total. The topological polar surface area (TPSA) is 52.6 Å². The molecule has 1 rings (SSSR count). The molecule has 1 aromatic carbocycles. The van der Waals surface area contributed by atoms with E-state index in [0.717, 1.165) is 11.6 Å². The van der Waals surface area contributed by atoms with Gasteiger partial charge in [-0.2, -0.15) is 0 Å². The van der Waals surface area contributed by atoms with Crippen molar-refractivity contribution in [3.8, 4) is 0 Å². The van der Waals surface area contributed by atoms with E-state index in [0.29, 0.717) is 0 Å². The number of carbonyl (C=O) groups excluding carboxylic acids is 2. The van der Waals surface area contributed by atoms with Crippen LogP contribution in [0.4, 0.5) is 0 Å². The molecule has 4 nitrogen and oxygen atoms in total. The van der Waals surface area contributed by atoms with Crippen LogP contribution in [-0.2, 0) is 19.1 Å². The van der Waals surface area contributed by atoms with Gasteiger partial charge in [-0.1, -0.05) is 36.4 Å². The lowest BCUT2D eigenvalue weighted by Gasteiger charge is -2.09. The molecule has 0 aromatic heterocycles. The summed E-state index contributed by atoms with van der Waals surface area (Å²) in [7, 11) is 0. The Kier molecular flexibility index (Phi) is 7.09. The lowest BCUT2D eigenvalue weighted by Crippen LogP contribution is -2.15. The molecule has 0 aliphatic heterocycles. The summed E-state index contributed by atoms with van der Waals surface area (Å²) in [4.78, 5) is 23.8. The van der Waals surface area contributed by atoms with E-state index in [1.54, 1.807) is 39.8 Å². The van der Waals surface area contributed by atoms with Gasteiger partial charge in [-0.15, -0.1) is 0 Å². The molecule has 0 spiro atoms. The van der Waals surface area contributed by atoms with Crippen LogP contribution in [0.25, 0.3) is 6.08 Å². The fraction of sp³-hybridized carbons (Fsp3) is 0.333. The number of esters is 2. The monoisotopic (exact) mass is 302 g/mol. The van der Waals surface area contributed by atoms with Crippen molar-refractivity contribution < 1.29 is 19.1 Å². The average Bonchev–Trinajstić information content (AvgIpc) is 2.42. The zero-order valence-corrected chi connectivity index (χ0v) is 13.4. The second-order valence-corrected chi connectivity index (χ2v) is 5.28. The van der Waals surface area contributed by atoms with E-state index in [4.69, 9.17) is 9.47 Å². The summed E-state index contributed by atoms with van der Waals surface area (Å²) in [5, 5.41) is 0.